The van der Waals surface area contributed by atoms with Crippen LogP contribution in [0.4, 0.5) is 5.69 Å². The van der Waals surface area contributed by atoms with Crippen molar-refractivity contribution in [2.24, 2.45) is 0 Å². The van der Waals surface area contributed by atoms with Gasteiger partial charge >= 0.3 is 0 Å². The maximum atomic E-state index is 12.7. The minimum absolute atomic E-state index is 0.0747. The van der Waals surface area contributed by atoms with Crippen molar-refractivity contribution in [1.29, 1.82) is 0 Å². The van der Waals surface area contributed by atoms with Gasteiger partial charge in [0.25, 0.3) is 0 Å². The lowest BCUT2D eigenvalue weighted by atomic mass is 10.1. The maximum Gasteiger partial charge on any atom is 0.241 e. The van der Waals surface area contributed by atoms with Crippen LogP contribution < -0.4 is 10.6 Å². The highest BCUT2D eigenvalue weighted by Crippen LogP contribution is 2.25. The summed E-state index contributed by atoms with van der Waals surface area (Å²) in [6, 6.07) is 23.4. The van der Waals surface area contributed by atoms with Crippen LogP contribution in [0.25, 0.3) is 21.7 Å². The number of anilines is 1. The molecule has 0 aliphatic heterocycles. The van der Waals surface area contributed by atoms with Crippen molar-refractivity contribution in [3.8, 4) is 0 Å². The number of benzene rings is 3. The molecule has 27 heavy (non-hydrogen) atoms. The van der Waals surface area contributed by atoms with Crippen molar-refractivity contribution in [1.82, 2.24) is 5.32 Å². The van der Waals surface area contributed by atoms with Gasteiger partial charge in [0.05, 0.1) is 12.1 Å². The lowest BCUT2D eigenvalue weighted by molar-refractivity contribution is -0.117. The molecule has 4 rings (SSSR count). The van der Waals surface area contributed by atoms with E-state index >= 15 is 0 Å². The highest BCUT2D eigenvalue weighted by Gasteiger charge is 2.19. The first-order valence-electron chi connectivity index (χ1n) is 9.15. The van der Waals surface area contributed by atoms with Gasteiger partial charge in [0.15, 0.2) is 0 Å². The quantitative estimate of drug-likeness (QED) is 0.511. The van der Waals surface area contributed by atoms with E-state index in [-0.39, 0.29) is 18.0 Å². The maximum absolute atomic E-state index is 12.7. The normalized spacial score (nSPS) is 13.6. The van der Waals surface area contributed by atoms with E-state index in [9.17, 15) is 4.79 Å². The molecule has 0 fully saturated rings. The molecule has 2 atom stereocenters. The average molecular weight is 358 g/mol. The molecule has 0 unspecified atom stereocenters. The van der Waals surface area contributed by atoms with Gasteiger partial charge in [-0.25, -0.2) is 0 Å². The molecule has 1 aromatic heterocycles. The van der Waals surface area contributed by atoms with E-state index < -0.39 is 0 Å². The van der Waals surface area contributed by atoms with E-state index in [1.807, 2.05) is 86.6 Å². The number of carbonyl (C=O) groups excluding carboxylic acids is 1. The van der Waals surface area contributed by atoms with Gasteiger partial charge in [-0.1, -0.05) is 54.6 Å². The highest BCUT2D eigenvalue weighted by atomic mass is 16.3. The van der Waals surface area contributed by atoms with E-state index in [1.54, 1.807) is 0 Å². The summed E-state index contributed by atoms with van der Waals surface area (Å²) in [6.45, 7) is 3.86. The van der Waals surface area contributed by atoms with Gasteiger partial charge in [-0.3, -0.25) is 10.1 Å². The number of nitrogens with one attached hydrogen (secondary N) is 2. The van der Waals surface area contributed by atoms with Crippen LogP contribution in [0.3, 0.4) is 0 Å². The van der Waals surface area contributed by atoms with Crippen LogP contribution >= 0.6 is 0 Å². The third-order valence-electron chi connectivity index (χ3n) is 4.81. The summed E-state index contributed by atoms with van der Waals surface area (Å²) in [6.07, 6.45) is 0. The standard InChI is InChI=1S/C23H22N2O2/c1-15(22-14-18-9-4-6-13-21(18)27-22)24-16(2)23(26)25-20-12-7-10-17-8-3-5-11-19(17)20/h3-16,24H,1-2H3,(H,25,26)/t15-,16+/m0/s1. The van der Waals surface area contributed by atoms with Crippen molar-refractivity contribution in [2.75, 3.05) is 5.32 Å². The molecule has 0 spiro atoms. The van der Waals surface area contributed by atoms with Crippen LogP contribution in [0.15, 0.2) is 77.2 Å². The molecule has 0 aliphatic rings. The Morgan fingerprint density at radius 2 is 1.59 bits per heavy atom. The minimum atomic E-state index is -0.368. The Hall–Kier alpha value is -3.11. The number of para-hydroxylation sites is 1. The summed E-state index contributed by atoms with van der Waals surface area (Å²) in [5.74, 6) is 0.746. The van der Waals surface area contributed by atoms with Gasteiger partial charge in [0.1, 0.15) is 11.3 Å². The summed E-state index contributed by atoms with van der Waals surface area (Å²) >= 11 is 0. The van der Waals surface area contributed by atoms with E-state index in [0.717, 1.165) is 33.2 Å². The fourth-order valence-corrected chi connectivity index (χ4v) is 3.32. The second kappa shape index (κ2) is 7.25. The van der Waals surface area contributed by atoms with Gasteiger partial charge in [0, 0.05) is 16.5 Å². The van der Waals surface area contributed by atoms with E-state index in [4.69, 9.17) is 4.42 Å². The highest BCUT2D eigenvalue weighted by molar-refractivity contribution is 6.03. The summed E-state index contributed by atoms with van der Waals surface area (Å²) in [4.78, 5) is 12.7. The molecule has 1 amide bonds. The van der Waals surface area contributed by atoms with Gasteiger partial charge in [-0.15, -0.1) is 0 Å². The van der Waals surface area contributed by atoms with Crippen LogP contribution in [0.5, 0.6) is 0 Å². The topological polar surface area (TPSA) is 54.3 Å². The first-order chi connectivity index (χ1) is 13.1. The molecule has 4 aromatic rings. The molecule has 0 radical (unpaired) electrons. The Morgan fingerprint density at radius 3 is 2.41 bits per heavy atom. The van der Waals surface area contributed by atoms with Crippen molar-refractivity contribution in [2.45, 2.75) is 25.9 Å². The first kappa shape index (κ1) is 17.3. The Balaban J connectivity index is 1.47. The summed E-state index contributed by atoms with van der Waals surface area (Å²) in [5.41, 5.74) is 1.68. The number of hydrogen-bond acceptors (Lipinski definition) is 3. The molecule has 0 saturated heterocycles. The van der Waals surface area contributed by atoms with Crippen molar-refractivity contribution in [3.05, 3.63) is 78.6 Å². The molecule has 4 heteroatoms. The number of furan rings is 1. The first-order valence-corrected chi connectivity index (χ1v) is 9.15. The van der Waals surface area contributed by atoms with Gasteiger partial charge in [0.2, 0.25) is 5.91 Å². The fourth-order valence-electron chi connectivity index (χ4n) is 3.32. The molecule has 1 heterocycles. The van der Waals surface area contributed by atoms with Crippen LogP contribution in [0.1, 0.15) is 25.6 Å². The lowest BCUT2D eigenvalue weighted by Gasteiger charge is -2.18. The van der Waals surface area contributed by atoms with Crippen LogP contribution in [0.2, 0.25) is 0 Å². The number of amides is 1. The summed E-state index contributed by atoms with van der Waals surface area (Å²) in [7, 11) is 0. The Labute approximate surface area is 158 Å². The van der Waals surface area contributed by atoms with Crippen LogP contribution in [0, 0.1) is 0 Å². The zero-order chi connectivity index (χ0) is 18.8. The molecular formula is C23H22N2O2. The number of carbonyl (C=O) groups is 1. The zero-order valence-corrected chi connectivity index (χ0v) is 15.4. The van der Waals surface area contributed by atoms with E-state index in [0.29, 0.717) is 0 Å². The summed E-state index contributed by atoms with van der Waals surface area (Å²) < 4.78 is 5.89. The van der Waals surface area contributed by atoms with Gasteiger partial charge in [-0.2, -0.15) is 0 Å². The van der Waals surface area contributed by atoms with E-state index in [2.05, 4.69) is 10.6 Å². The SMILES string of the molecule is C[C@H](N[C@H](C)C(=O)Nc1cccc2ccccc12)c1cc2ccccc2o1. The number of hydrogen-bond donors (Lipinski definition) is 2. The molecule has 136 valence electrons. The second-order valence-electron chi connectivity index (χ2n) is 6.81. The predicted molar refractivity (Wildman–Crippen MR) is 110 cm³/mol. The average Bonchev–Trinajstić information content (AvgIpc) is 3.12. The van der Waals surface area contributed by atoms with Crippen molar-refractivity contribution < 1.29 is 9.21 Å². The Bertz CT molecular complexity index is 1060. The van der Waals surface area contributed by atoms with Gasteiger partial charge in [-0.05, 0) is 37.4 Å². The largest absolute Gasteiger partial charge is 0.459 e. The minimum Gasteiger partial charge on any atom is -0.459 e. The van der Waals surface area contributed by atoms with Crippen LogP contribution in [-0.2, 0) is 4.79 Å². The van der Waals surface area contributed by atoms with Crippen LogP contribution in [-0.4, -0.2) is 11.9 Å². The monoisotopic (exact) mass is 358 g/mol. The Kier molecular flexibility index (Phi) is 4.65. The molecular weight excluding hydrogens is 336 g/mol. The zero-order valence-electron chi connectivity index (χ0n) is 15.4. The molecule has 0 saturated carbocycles. The van der Waals surface area contributed by atoms with E-state index in [1.165, 1.54) is 0 Å². The molecule has 0 bridgehead atoms. The molecule has 3 aromatic carbocycles. The predicted octanol–water partition coefficient (Wildman–Crippen LogP) is 5.26. The number of fused-ring (bicyclic) bond motifs is 2. The Morgan fingerprint density at radius 1 is 0.889 bits per heavy atom. The third kappa shape index (κ3) is 3.57. The summed E-state index contributed by atoms with van der Waals surface area (Å²) in [5, 5.41) is 9.56. The van der Waals surface area contributed by atoms with Crippen molar-refractivity contribution >= 4 is 33.3 Å². The van der Waals surface area contributed by atoms with Gasteiger partial charge < -0.3 is 9.73 Å². The number of rotatable bonds is 5. The smallest absolute Gasteiger partial charge is 0.241 e. The molecule has 4 nitrogen and oxygen atoms in total. The van der Waals surface area contributed by atoms with Crippen molar-refractivity contribution in [3.63, 3.8) is 0 Å². The lowest BCUT2D eigenvalue weighted by Crippen LogP contribution is -2.39. The molecule has 2 N–H and O–H groups in total. The fraction of sp³-hybridized carbons (Fsp3) is 0.174. The molecule has 0 aliphatic carbocycles. The second-order valence-corrected chi connectivity index (χ2v) is 6.81. The third-order valence-corrected chi connectivity index (χ3v) is 4.81.